The van der Waals surface area contributed by atoms with Crippen molar-refractivity contribution in [3.63, 3.8) is 0 Å². The fourth-order valence-corrected chi connectivity index (χ4v) is 1.76. The first kappa shape index (κ1) is 12.7. The molecule has 0 bridgehead atoms. The monoisotopic (exact) mass is 257 g/mol. The van der Waals surface area contributed by atoms with Crippen molar-refractivity contribution >= 4 is 5.69 Å². The van der Waals surface area contributed by atoms with E-state index >= 15 is 0 Å². The standard InChI is InChI=1S/C12H11N5O2/c1-2-3-11-14-6-7-16(11)12-5-4-10(17(18)19)9(8-13)15-12/h4-7H,2-3H2,1H3. The van der Waals surface area contributed by atoms with Crippen LogP contribution in [0, 0.1) is 21.4 Å². The molecule has 2 aromatic heterocycles. The van der Waals surface area contributed by atoms with Crippen LogP contribution in [0.15, 0.2) is 24.5 Å². The molecule has 0 aromatic carbocycles. The van der Waals surface area contributed by atoms with Crippen LogP contribution in [0.1, 0.15) is 24.9 Å². The summed E-state index contributed by atoms with van der Waals surface area (Å²) in [5, 5.41) is 19.7. The number of hydrogen-bond donors (Lipinski definition) is 0. The molecule has 0 saturated heterocycles. The maximum atomic E-state index is 10.7. The van der Waals surface area contributed by atoms with Crippen LogP contribution < -0.4 is 0 Å². The number of nitrogens with zero attached hydrogens (tertiary/aromatic N) is 5. The summed E-state index contributed by atoms with van der Waals surface area (Å²) in [6.45, 7) is 2.03. The number of nitriles is 1. The van der Waals surface area contributed by atoms with Crippen LogP contribution in [0.2, 0.25) is 0 Å². The van der Waals surface area contributed by atoms with Gasteiger partial charge in [0.05, 0.1) is 4.92 Å². The second kappa shape index (κ2) is 5.27. The summed E-state index contributed by atoms with van der Waals surface area (Å²) in [5.74, 6) is 1.27. The Morgan fingerprint density at radius 3 is 2.95 bits per heavy atom. The van der Waals surface area contributed by atoms with Crippen molar-refractivity contribution in [2.45, 2.75) is 19.8 Å². The second-order valence-electron chi connectivity index (χ2n) is 3.87. The van der Waals surface area contributed by atoms with Gasteiger partial charge in [0.1, 0.15) is 17.7 Å². The van der Waals surface area contributed by atoms with Crippen molar-refractivity contribution in [2.24, 2.45) is 0 Å². The number of hydrogen-bond acceptors (Lipinski definition) is 5. The first-order valence-electron chi connectivity index (χ1n) is 5.75. The van der Waals surface area contributed by atoms with Crippen LogP contribution >= 0.6 is 0 Å². The van der Waals surface area contributed by atoms with E-state index in [0.717, 1.165) is 18.7 Å². The van der Waals surface area contributed by atoms with E-state index in [1.54, 1.807) is 23.0 Å². The minimum atomic E-state index is -0.615. The van der Waals surface area contributed by atoms with Gasteiger partial charge in [0.2, 0.25) is 5.69 Å². The molecule has 0 spiro atoms. The fraction of sp³-hybridized carbons (Fsp3) is 0.250. The molecule has 2 rings (SSSR count). The Kier molecular flexibility index (Phi) is 3.52. The van der Waals surface area contributed by atoms with Crippen LogP contribution in [-0.2, 0) is 6.42 Å². The van der Waals surface area contributed by atoms with Crippen molar-refractivity contribution in [1.29, 1.82) is 5.26 Å². The lowest BCUT2D eigenvalue weighted by molar-refractivity contribution is -0.385. The number of pyridine rings is 1. The van der Waals surface area contributed by atoms with Crippen LogP contribution in [0.5, 0.6) is 0 Å². The van der Waals surface area contributed by atoms with Gasteiger partial charge in [-0.05, 0) is 12.5 Å². The van der Waals surface area contributed by atoms with Gasteiger partial charge < -0.3 is 0 Å². The minimum Gasteiger partial charge on any atom is -0.288 e. The quantitative estimate of drug-likeness (QED) is 0.616. The Morgan fingerprint density at radius 1 is 1.53 bits per heavy atom. The summed E-state index contributed by atoms with van der Waals surface area (Å²) >= 11 is 0. The smallest absolute Gasteiger partial charge is 0.288 e. The lowest BCUT2D eigenvalue weighted by Gasteiger charge is -2.06. The summed E-state index contributed by atoms with van der Waals surface area (Å²) in [6.07, 6.45) is 5.06. The molecule has 0 unspecified atom stereocenters. The highest BCUT2D eigenvalue weighted by molar-refractivity contribution is 5.47. The lowest BCUT2D eigenvalue weighted by atomic mass is 10.3. The molecular weight excluding hydrogens is 246 g/mol. The first-order valence-corrected chi connectivity index (χ1v) is 5.75. The van der Waals surface area contributed by atoms with Gasteiger partial charge in [-0.15, -0.1) is 0 Å². The molecule has 0 N–H and O–H groups in total. The Morgan fingerprint density at radius 2 is 2.32 bits per heavy atom. The fourth-order valence-electron chi connectivity index (χ4n) is 1.76. The molecule has 7 heteroatoms. The molecule has 0 fully saturated rings. The van der Waals surface area contributed by atoms with E-state index in [1.807, 2.05) is 6.92 Å². The molecule has 0 aliphatic heterocycles. The van der Waals surface area contributed by atoms with Gasteiger partial charge in [0, 0.05) is 24.9 Å². The molecule has 7 nitrogen and oxygen atoms in total. The topological polar surface area (TPSA) is 97.6 Å². The highest BCUT2D eigenvalue weighted by atomic mass is 16.6. The largest absolute Gasteiger partial charge is 0.305 e. The van der Waals surface area contributed by atoms with Crippen molar-refractivity contribution in [2.75, 3.05) is 0 Å². The van der Waals surface area contributed by atoms with Gasteiger partial charge in [-0.2, -0.15) is 5.26 Å². The van der Waals surface area contributed by atoms with E-state index < -0.39 is 4.92 Å². The first-order chi connectivity index (χ1) is 9.17. The summed E-state index contributed by atoms with van der Waals surface area (Å²) in [4.78, 5) is 18.3. The summed E-state index contributed by atoms with van der Waals surface area (Å²) in [5.41, 5.74) is -0.484. The third-order valence-electron chi connectivity index (χ3n) is 2.60. The zero-order chi connectivity index (χ0) is 13.8. The van der Waals surface area contributed by atoms with Crippen LogP contribution in [0.25, 0.3) is 5.82 Å². The van der Waals surface area contributed by atoms with E-state index in [1.165, 1.54) is 12.1 Å². The molecule has 2 heterocycles. The third kappa shape index (κ3) is 2.42. The maximum Gasteiger partial charge on any atom is 0.305 e. The number of rotatable bonds is 4. The predicted octanol–water partition coefficient (Wildman–Crippen LogP) is 2.00. The Labute approximate surface area is 109 Å². The lowest BCUT2D eigenvalue weighted by Crippen LogP contribution is -2.05. The van der Waals surface area contributed by atoms with Gasteiger partial charge in [0.15, 0.2) is 0 Å². The predicted molar refractivity (Wildman–Crippen MR) is 66.7 cm³/mol. The van der Waals surface area contributed by atoms with E-state index in [2.05, 4.69) is 9.97 Å². The maximum absolute atomic E-state index is 10.7. The van der Waals surface area contributed by atoms with E-state index in [4.69, 9.17) is 5.26 Å². The highest BCUT2D eigenvalue weighted by Gasteiger charge is 2.16. The third-order valence-corrected chi connectivity index (χ3v) is 2.60. The van der Waals surface area contributed by atoms with Gasteiger partial charge >= 0.3 is 5.69 Å². The molecule has 0 atom stereocenters. The molecule has 0 aliphatic carbocycles. The Hall–Kier alpha value is -2.75. The van der Waals surface area contributed by atoms with E-state index in [-0.39, 0.29) is 11.4 Å². The molecule has 0 aliphatic rings. The van der Waals surface area contributed by atoms with Crippen molar-refractivity contribution in [3.05, 3.63) is 46.2 Å². The Balaban J connectivity index is 2.49. The van der Waals surface area contributed by atoms with Crippen molar-refractivity contribution in [3.8, 4) is 11.9 Å². The molecule has 0 amide bonds. The normalized spacial score (nSPS) is 10.1. The average molecular weight is 257 g/mol. The molecule has 0 saturated carbocycles. The summed E-state index contributed by atoms with van der Waals surface area (Å²) in [7, 11) is 0. The molecule has 0 radical (unpaired) electrons. The average Bonchev–Trinajstić information content (AvgIpc) is 2.86. The van der Waals surface area contributed by atoms with Crippen LogP contribution in [0.4, 0.5) is 5.69 Å². The van der Waals surface area contributed by atoms with E-state index in [0.29, 0.717) is 5.82 Å². The highest BCUT2D eigenvalue weighted by Crippen LogP contribution is 2.18. The zero-order valence-electron chi connectivity index (χ0n) is 10.3. The summed E-state index contributed by atoms with van der Waals surface area (Å²) in [6, 6.07) is 4.55. The number of aromatic nitrogens is 3. The van der Waals surface area contributed by atoms with Crippen molar-refractivity contribution < 1.29 is 4.92 Å². The zero-order valence-corrected chi connectivity index (χ0v) is 10.3. The van der Waals surface area contributed by atoms with Gasteiger partial charge in [0.25, 0.3) is 0 Å². The van der Waals surface area contributed by atoms with Crippen LogP contribution in [0.3, 0.4) is 0 Å². The molecule has 2 aromatic rings. The second-order valence-corrected chi connectivity index (χ2v) is 3.87. The molecule has 19 heavy (non-hydrogen) atoms. The van der Waals surface area contributed by atoms with E-state index in [9.17, 15) is 10.1 Å². The molecular formula is C12H11N5O2. The minimum absolute atomic E-state index is 0.196. The number of nitro groups is 1. The van der Waals surface area contributed by atoms with Crippen molar-refractivity contribution in [1.82, 2.24) is 14.5 Å². The molecule has 96 valence electrons. The SMILES string of the molecule is CCCc1nccn1-c1ccc([N+](=O)[O-])c(C#N)n1. The van der Waals surface area contributed by atoms with Gasteiger partial charge in [-0.1, -0.05) is 6.92 Å². The Bertz CT molecular complexity index is 656. The van der Waals surface area contributed by atoms with Crippen LogP contribution in [-0.4, -0.2) is 19.5 Å². The van der Waals surface area contributed by atoms with Gasteiger partial charge in [-0.3, -0.25) is 14.7 Å². The number of aryl methyl sites for hydroxylation is 1. The number of imidazole rings is 1. The van der Waals surface area contributed by atoms with Gasteiger partial charge in [-0.25, -0.2) is 9.97 Å². The summed E-state index contributed by atoms with van der Waals surface area (Å²) < 4.78 is 1.73.